The van der Waals surface area contributed by atoms with Crippen LogP contribution in [0.25, 0.3) is 6.08 Å². The zero-order valence-electron chi connectivity index (χ0n) is 13.1. The molecule has 0 saturated carbocycles. The van der Waals surface area contributed by atoms with Crippen LogP contribution in [0.4, 0.5) is 5.69 Å². The van der Waals surface area contributed by atoms with Crippen molar-refractivity contribution in [2.75, 3.05) is 6.61 Å². The van der Waals surface area contributed by atoms with Gasteiger partial charge in [0.05, 0.1) is 17.1 Å². The van der Waals surface area contributed by atoms with E-state index in [0.717, 1.165) is 16.5 Å². The van der Waals surface area contributed by atoms with E-state index in [1.807, 2.05) is 25.1 Å². The van der Waals surface area contributed by atoms with Crippen molar-refractivity contribution in [3.8, 4) is 5.75 Å². The standard InChI is InChI=1S/C18H16BrNO4/c1-2-11-24-18-10-8-14(19)12-13(18)7-9-17(21)15-5-3-4-6-16(15)20(22)23/h3-10,12H,2,11H2,1H3/b9-7+. The minimum atomic E-state index is -0.560. The lowest BCUT2D eigenvalue weighted by atomic mass is 10.1. The predicted octanol–water partition coefficient (Wildman–Crippen LogP) is 5.04. The third-order valence-corrected chi connectivity index (χ3v) is 3.71. The Morgan fingerprint density at radius 3 is 2.75 bits per heavy atom. The van der Waals surface area contributed by atoms with Crippen LogP contribution in [-0.4, -0.2) is 17.3 Å². The molecule has 0 bridgehead atoms. The molecule has 0 saturated heterocycles. The van der Waals surface area contributed by atoms with E-state index in [4.69, 9.17) is 4.74 Å². The van der Waals surface area contributed by atoms with Gasteiger partial charge < -0.3 is 4.74 Å². The van der Waals surface area contributed by atoms with E-state index in [1.165, 1.54) is 24.3 Å². The molecule has 0 fully saturated rings. The molecule has 0 amide bonds. The van der Waals surface area contributed by atoms with Crippen LogP contribution in [0.15, 0.2) is 53.0 Å². The van der Waals surface area contributed by atoms with Gasteiger partial charge in [0.2, 0.25) is 0 Å². The number of para-hydroxylation sites is 1. The molecule has 0 radical (unpaired) electrons. The topological polar surface area (TPSA) is 69.4 Å². The van der Waals surface area contributed by atoms with E-state index < -0.39 is 10.7 Å². The fraction of sp³-hybridized carbons (Fsp3) is 0.167. The number of nitrogens with zero attached hydrogens (tertiary/aromatic N) is 1. The summed E-state index contributed by atoms with van der Waals surface area (Å²) in [6, 6.07) is 11.4. The van der Waals surface area contributed by atoms with E-state index in [2.05, 4.69) is 15.9 Å². The molecule has 0 heterocycles. The van der Waals surface area contributed by atoms with Crippen molar-refractivity contribution in [1.29, 1.82) is 0 Å². The SMILES string of the molecule is CCCOc1ccc(Br)cc1/C=C/C(=O)c1ccccc1[N+](=O)[O-]. The number of nitro groups is 1. The number of benzene rings is 2. The molecule has 24 heavy (non-hydrogen) atoms. The molecular weight excluding hydrogens is 374 g/mol. The summed E-state index contributed by atoms with van der Waals surface area (Å²) < 4.78 is 6.50. The largest absolute Gasteiger partial charge is 0.493 e. The van der Waals surface area contributed by atoms with Crippen molar-refractivity contribution in [3.05, 3.63) is 74.3 Å². The lowest BCUT2D eigenvalue weighted by molar-refractivity contribution is -0.385. The van der Waals surface area contributed by atoms with Crippen molar-refractivity contribution in [2.24, 2.45) is 0 Å². The molecule has 2 aromatic carbocycles. The van der Waals surface area contributed by atoms with Gasteiger partial charge in [-0.2, -0.15) is 0 Å². The van der Waals surface area contributed by atoms with Crippen LogP contribution in [0.3, 0.4) is 0 Å². The molecule has 6 heteroatoms. The van der Waals surface area contributed by atoms with Crippen LogP contribution < -0.4 is 4.74 Å². The Kier molecular flexibility index (Phi) is 6.26. The maximum Gasteiger partial charge on any atom is 0.280 e. The van der Waals surface area contributed by atoms with E-state index in [9.17, 15) is 14.9 Å². The first-order valence-electron chi connectivity index (χ1n) is 7.41. The molecule has 2 aromatic rings. The zero-order valence-corrected chi connectivity index (χ0v) is 14.7. The third-order valence-electron chi connectivity index (χ3n) is 3.21. The van der Waals surface area contributed by atoms with E-state index in [0.29, 0.717) is 12.4 Å². The number of halogens is 1. The number of ketones is 1. The second-order valence-electron chi connectivity index (χ2n) is 5.00. The summed E-state index contributed by atoms with van der Waals surface area (Å²) in [4.78, 5) is 22.8. The number of hydrogen-bond acceptors (Lipinski definition) is 4. The maximum atomic E-state index is 12.3. The molecular formula is C18H16BrNO4. The van der Waals surface area contributed by atoms with Gasteiger partial charge in [-0.3, -0.25) is 14.9 Å². The van der Waals surface area contributed by atoms with Crippen molar-refractivity contribution < 1.29 is 14.5 Å². The Hall–Kier alpha value is -2.47. The van der Waals surface area contributed by atoms with Gasteiger partial charge in [0, 0.05) is 16.1 Å². The first-order valence-corrected chi connectivity index (χ1v) is 8.20. The van der Waals surface area contributed by atoms with Gasteiger partial charge in [-0.25, -0.2) is 0 Å². The van der Waals surface area contributed by atoms with Gasteiger partial charge >= 0.3 is 0 Å². The van der Waals surface area contributed by atoms with Gasteiger partial charge in [-0.15, -0.1) is 0 Å². The predicted molar refractivity (Wildman–Crippen MR) is 96.4 cm³/mol. The molecule has 0 aromatic heterocycles. The van der Waals surface area contributed by atoms with Gasteiger partial charge in [0.15, 0.2) is 5.78 Å². The van der Waals surface area contributed by atoms with Crippen molar-refractivity contribution in [2.45, 2.75) is 13.3 Å². The monoisotopic (exact) mass is 389 g/mol. The number of ether oxygens (including phenoxy) is 1. The van der Waals surface area contributed by atoms with Crippen LogP contribution in [0.5, 0.6) is 5.75 Å². The summed E-state index contributed by atoms with van der Waals surface area (Å²) >= 11 is 3.38. The zero-order chi connectivity index (χ0) is 17.5. The summed E-state index contributed by atoms with van der Waals surface area (Å²) in [6.07, 6.45) is 3.80. The van der Waals surface area contributed by atoms with Crippen LogP contribution >= 0.6 is 15.9 Å². The van der Waals surface area contributed by atoms with Gasteiger partial charge in [-0.1, -0.05) is 35.0 Å². The maximum absolute atomic E-state index is 12.3. The highest BCUT2D eigenvalue weighted by atomic mass is 79.9. The quantitative estimate of drug-likeness (QED) is 0.287. The lowest BCUT2D eigenvalue weighted by Crippen LogP contribution is -2.01. The summed E-state index contributed by atoms with van der Waals surface area (Å²) in [5.41, 5.74) is 0.582. The van der Waals surface area contributed by atoms with Crippen LogP contribution in [0, 0.1) is 10.1 Å². The lowest BCUT2D eigenvalue weighted by Gasteiger charge is -2.08. The molecule has 0 aliphatic rings. The van der Waals surface area contributed by atoms with Gasteiger partial charge in [0.1, 0.15) is 5.75 Å². The molecule has 0 aliphatic heterocycles. The molecule has 0 aliphatic carbocycles. The number of nitro benzene ring substituents is 1. The summed E-state index contributed by atoms with van der Waals surface area (Å²) in [6.45, 7) is 2.58. The summed E-state index contributed by atoms with van der Waals surface area (Å²) in [5.74, 6) is 0.232. The number of carbonyl (C=O) groups excluding carboxylic acids is 1. The van der Waals surface area contributed by atoms with Gasteiger partial charge in [-0.05, 0) is 42.8 Å². The Morgan fingerprint density at radius 2 is 2.04 bits per heavy atom. The summed E-state index contributed by atoms with van der Waals surface area (Å²) in [5, 5.41) is 11.0. The molecule has 0 atom stereocenters. The second-order valence-corrected chi connectivity index (χ2v) is 5.92. The minimum Gasteiger partial charge on any atom is -0.493 e. The molecule has 124 valence electrons. The Bertz CT molecular complexity index is 786. The van der Waals surface area contributed by atoms with Crippen LogP contribution in [-0.2, 0) is 0 Å². The smallest absolute Gasteiger partial charge is 0.280 e. The highest BCUT2D eigenvalue weighted by Crippen LogP contribution is 2.25. The minimum absolute atomic E-state index is 0.0600. The molecule has 2 rings (SSSR count). The first kappa shape index (κ1) is 17.9. The fourth-order valence-corrected chi connectivity index (χ4v) is 2.47. The van der Waals surface area contributed by atoms with Gasteiger partial charge in [0.25, 0.3) is 5.69 Å². The van der Waals surface area contributed by atoms with Crippen LogP contribution in [0.1, 0.15) is 29.3 Å². The Labute approximate surface area is 148 Å². The van der Waals surface area contributed by atoms with E-state index in [-0.39, 0.29) is 11.3 Å². The average Bonchev–Trinajstić information content (AvgIpc) is 2.58. The van der Waals surface area contributed by atoms with Crippen molar-refractivity contribution >= 4 is 33.5 Å². The fourth-order valence-electron chi connectivity index (χ4n) is 2.09. The number of allylic oxidation sites excluding steroid dienone is 1. The second kappa shape index (κ2) is 8.40. The number of carbonyl (C=O) groups is 1. The first-order chi connectivity index (χ1) is 11.5. The molecule has 0 unspecified atom stereocenters. The third kappa shape index (κ3) is 4.52. The average molecular weight is 390 g/mol. The normalized spacial score (nSPS) is 10.8. The number of rotatable bonds is 7. The Balaban J connectivity index is 2.29. The summed E-state index contributed by atoms with van der Waals surface area (Å²) in [7, 11) is 0. The highest BCUT2D eigenvalue weighted by molar-refractivity contribution is 9.10. The van der Waals surface area contributed by atoms with E-state index in [1.54, 1.807) is 12.1 Å². The molecule has 5 nitrogen and oxygen atoms in total. The Morgan fingerprint density at radius 1 is 1.29 bits per heavy atom. The number of hydrogen-bond donors (Lipinski definition) is 0. The highest BCUT2D eigenvalue weighted by Gasteiger charge is 2.17. The van der Waals surface area contributed by atoms with Crippen molar-refractivity contribution in [1.82, 2.24) is 0 Å². The van der Waals surface area contributed by atoms with Crippen molar-refractivity contribution in [3.63, 3.8) is 0 Å². The van der Waals surface area contributed by atoms with E-state index >= 15 is 0 Å². The van der Waals surface area contributed by atoms with Crippen LogP contribution in [0.2, 0.25) is 0 Å². The molecule has 0 spiro atoms. The molecule has 0 N–H and O–H groups in total.